The molecule has 0 radical (unpaired) electrons. The van der Waals surface area contributed by atoms with Crippen LogP contribution in [0.2, 0.25) is 0 Å². The molecular formula is C27H32F3N5O4S. The van der Waals surface area contributed by atoms with E-state index in [2.05, 4.69) is 44.4 Å². The minimum absolute atomic E-state index is 0.0668. The van der Waals surface area contributed by atoms with Gasteiger partial charge < -0.3 is 30.2 Å². The number of carbonyl (C=O) groups is 1. The van der Waals surface area contributed by atoms with Crippen molar-refractivity contribution in [3.05, 3.63) is 59.3 Å². The summed E-state index contributed by atoms with van der Waals surface area (Å²) in [6, 6.07) is 5.46. The maximum absolute atomic E-state index is 14.2. The fourth-order valence-corrected chi connectivity index (χ4v) is 4.80. The number of anilines is 1. The lowest BCUT2D eigenvalue weighted by molar-refractivity contribution is -0.117. The highest BCUT2D eigenvalue weighted by Crippen LogP contribution is 2.30. The van der Waals surface area contributed by atoms with Gasteiger partial charge in [-0.25, -0.2) is 4.39 Å². The van der Waals surface area contributed by atoms with Crippen LogP contribution in [0.1, 0.15) is 25.8 Å². The van der Waals surface area contributed by atoms with Crippen LogP contribution in [-0.4, -0.2) is 72.4 Å². The van der Waals surface area contributed by atoms with E-state index < -0.39 is 24.1 Å². The Labute approximate surface area is 236 Å². The number of rotatable bonds is 11. The van der Waals surface area contributed by atoms with E-state index in [1.54, 1.807) is 12.4 Å². The number of nitrogens with zero attached hydrogens (tertiary/aromatic N) is 2. The van der Waals surface area contributed by atoms with E-state index in [4.69, 9.17) is 21.7 Å². The molecule has 0 spiro atoms. The highest BCUT2D eigenvalue weighted by Gasteiger charge is 2.30. The number of morpholine rings is 1. The van der Waals surface area contributed by atoms with Gasteiger partial charge in [-0.3, -0.25) is 14.7 Å². The number of pyridine rings is 1. The van der Waals surface area contributed by atoms with Crippen LogP contribution < -0.4 is 25.4 Å². The van der Waals surface area contributed by atoms with E-state index in [1.165, 1.54) is 12.1 Å². The first-order valence-corrected chi connectivity index (χ1v) is 13.2. The molecule has 1 aromatic heterocycles. The Morgan fingerprint density at radius 3 is 2.80 bits per heavy atom. The van der Waals surface area contributed by atoms with E-state index in [9.17, 15) is 18.0 Å². The number of nitrogens with one attached hydrogen (secondary N) is 3. The topological polar surface area (TPSA) is 97.0 Å². The minimum atomic E-state index is -3.24. The van der Waals surface area contributed by atoms with Crippen LogP contribution in [-0.2, 0) is 16.1 Å². The molecule has 1 saturated heterocycles. The molecule has 0 bridgehead atoms. The van der Waals surface area contributed by atoms with Crippen molar-refractivity contribution in [2.24, 2.45) is 0 Å². The monoisotopic (exact) mass is 579 g/mol. The van der Waals surface area contributed by atoms with E-state index in [0.29, 0.717) is 50.8 Å². The summed E-state index contributed by atoms with van der Waals surface area (Å²) in [6.07, 6.45) is 3.74. The first-order valence-electron chi connectivity index (χ1n) is 12.8. The van der Waals surface area contributed by atoms with Gasteiger partial charge >= 0.3 is 6.61 Å². The second-order valence-corrected chi connectivity index (χ2v) is 10.3. The predicted molar refractivity (Wildman–Crippen MR) is 147 cm³/mol. The molecule has 2 aliphatic rings. The van der Waals surface area contributed by atoms with Gasteiger partial charge in [0.15, 0.2) is 11.6 Å². The van der Waals surface area contributed by atoms with Crippen LogP contribution in [0.15, 0.2) is 47.9 Å². The molecule has 1 amide bonds. The number of benzene rings is 1. The molecule has 0 atom stereocenters. The molecular weight excluding hydrogens is 547 g/mol. The summed E-state index contributed by atoms with van der Waals surface area (Å²) >= 11 is 5.44. The third-order valence-electron chi connectivity index (χ3n) is 6.65. The van der Waals surface area contributed by atoms with Gasteiger partial charge in [0, 0.05) is 55.6 Å². The number of para-hydroxylation sites is 1. The van der Waals surface area contributed by atoms with Crippen LogP contribution in [0, 0.1) is 5.82 Å². The number of thiocarbonyl (C=S) groups is 1. The van der Waals surface area contributed by atoms with E-state index in [0.717, 1.165) is 24.7 Å². The van der Waals surface area contributed by atoms with Gasteiger partial charge in [-0.05, 0) is 32.0 Å². The maximum atomic E-state index is 14.2. The van der Waals surface area contributed by atoms with Crippen LogP contribution in [0.3, 0.4) is 0 Å². The number of hydrogen-bond acceptors (Lipinski definition) is 8. The average Bonchev–Trinajstić information content (AvgIpc) is 2.93. The van der Waals surface area contributed by atoms with E-state index in [1.807, 2.05) is 6.07 Å². The highest BCUT2D eigenvalue weighted by atomic mass is 32.1. The Morgan fingerprint density at radius 2 is 2.05 bits per heavy atom. The van der Waals surface area contributed by atoms with Crippen LogP contribution in [0.25, 0.3) is 0 Å². The number of ether oxygens (including phenoxy) is 3. The Balaban J connectivity index is 1.48. The van der Waals surface area contributed by atoms with Gasteiger partial charge in [0.2, 0.25) is 0 Å². The lowest BCUT2D eigenvalue weighted by atomic mass is 10.0. The first kappa shape index (κ1) is 29.6. The fourth-order valence-electron chi connectivity index (χ4n) is 4.47. The number of carbonyl (C=O) groups excluding carboxylic acids is 1. The van der Waals surface area contributed by atoms with Crippen molar-refractivity contribution in [2.75, 3.05) is 44.8 Å². The van der Waals surface area contributed by atoms with Gasteiger partial charge in [-0.15, -0.1) is 0 Å². The van der Waals surface area contributed by atoms with Crippen molar-refractivity contribution in [1.29, 1.82) is 0 Å². The zero-order valence-electron chi connectivity index (χ0n) is 22.3. The molecule has 4 rings (SSSR count). The largest absolute Gasteiger partial charge is 0.490 e. The minimum Gasteiger partial charge on any atom is -0.490 e. The molecule has 1 aromatic carbocycles. The predicted octanol–water partition coefficient (Wildman–Crippen LogP) is 3.61. The normalized spacial score (nSPS) is 16.5. The molecule has 2 aromatic rings. The summed E-state index contributed by atoms with van der Waals surface area (Å²) in [5, 5.41) is 8.69. The zero-order valence-corrected chi connectivity index (χ0v) is 23.1. The van der Waals surface area contributed by atoms with Crippen molar-refractivity contribution in [2.45, 2.75) is 39.0 Å². The van der Waals surface area contributed by atoms with Crippen molar-refractivity contribution in [3.63, 3.8) is 0 Å². The molecule has 40 heavy (non-hydrogen) atoms. The van der Waals surface area contributed by atoms with E-state index in [-0.39, 0.29) is 21.8 Å². The van der Waals surface area contributed by atoms with Gasteiger partial charge in [0.05, 0.1) is 30.7 Å². The summed E-state index contributed by atoms with van der Waals surface area (Å²) in [6.45, 7) is 5.16. The third-order valence-corrected chi connectivity index (χ3v) is 6.96. The Hall–Kier alpha value is -3.42. The number of amides is 1. The number of halogens is 3. The number of aromatic nitrogens is 1. The van der Waals surface area contributed by atoms with Gasteiger partial charge in [0.25, 0.3) is 5.91 Å². The molecule has 0 aliphatic carbocycles. The Bertz CT molecular complexity index is 1250. The SMILES string of the molecule is CC(C)(COc1cnccc1CNC1=C(C(=S)Nc2cccc(F)c2OC(F)F)C(=O)NCC1)N1CCOCC1. The smallest absolute Gasteiger partial charge is 0.387 e. The lowest BCUT2D eigenvalue weighted by Gasteiger charge is -2.40. The molecule has 2 aliphatic heterocycles. The molecule has 3 heterocycles. The summed E-state index contributed by atoms with van der Waals surface area (Å²) in [5.41, 5.74) is 1.15. The first-order chi connectivity index (χ1) is 19.2. The van der Waals surface area contributed by atoms with Gasteiger partial charge in [-0.2, -0.15) is 8.78 Å². The maximum Gasteiger partial charge on any atom is 0.387 e. The molecule has 0 unspecified atom stereocenters. The summed E-state index contributed by atoms with van der Waals surface area (Å²) < 4.78 is 55.9. The highest BCUT2D eigenvalue weighted by molar-refractivity contribution is 7.81. The molecule has 216 valence electrons. The van der Waals surface area contributed by atoms with E-state index >= 15 is 0 Å². The van der Waals surface area contributed by atoms with Gasteiger partial charge in [-0.1, -0.05) is 18.3 Å². The molecule has 9 nitrogen and oxygen atoms in total. The summed E-state index contributed by atoms with van der Waals surface area (Å²) in [7, 11) is 0. The van der Waals surface area contributed by atoms with Crippen LogP contribution in [0.4, 0.5) is 18.9 Å². The van der Waals surface area contributed by atoms with Gasteiger partial charge in [0.1, 0.15) is 17.3 Å². The average molecular weight is 580 g/mol. The van der Waals surface area contributed by atoms with Crippen LogP contribution >= 0.6 is 12.2 Å². The lowest BCUT2D eigenvalue weighted by Crippen LogP contribution is -2.53. The van der Waals surface area contributed by atoms with Crippen molar-refractivity contribution in [3.8, 4) is 11.5 Å². The Morgan fingerprint density at radius 1 is 1.27 bits per heavy atom. The quantitative estimate of drug-likeness (QED) is 0.345. The second-order valence-electron chi connectivity index (χ2n) is 9.85. The third kappa shape index (κ3) is 7.40. The van der Waals surface area contributed by atoms with Crippen molar-refractivity contribution < 1.29 is 32.2 Å². The summed E-state index contributed by atoms with van der Waals surface area (Å²) in [4.78, 5) is 19.3. The standard InChI is InChI=1S/C27H32F3N5O4S/c1-27(2,35-10-12-37-13-11-35)16-38-21-15-31-8-6-17(21)14-33-19-7-9-32-24(36)22(19)25(40)34-20-5-3-4-18(28)23(20)39-26(29)30/h3-6,8,15,26,33H,7,9-14,16H2,1-2H3,(H,32,36)(H,34,40). The Kier molecular flexibility index (Phi) is 9.82. The number of alkyl halides is 2. The zero-order chi connectivity index (χ0) is 28.7. The van der Waals surface area contributed by atoms with Crippen molar-refractivity contribution >= 4 is 28.8 Å². The molecule has 13 heteroatoms. The number of hydrogen-bond donors (Lipinski definition) is 3. The second kappa shape index (κ2) is 13.3. The molecule has 0 saturated carbocycles. The fraction of sp³-hybridized carbons (Fsp3) is 0.444. The molecule has 1 fully saturated rings. The summed E-state index contributed by atoms with van der Waals surface area (Å²) in [5.74, 6) is -1.52. The molecule has 3 N–H and O–H groups in total. The van der Waals surface area contributed by atoms with Crippen LogP contribution in [0.5, 0.6) is 11.5 Å². The van der Waals surface area contributed by atoms with Crippen molar-refractivity contribution in [1.82, 2.24) is 20.5 Å².